The fraction of sp³-hybridized carbons (Fsp3) is 0.600. The highest BCUT2D eigenvalue weighted by atomic mass is 32.2. The van der Waals surface area contributed by atoms with E-state index in [4.69, 9.17) is 0 Å². The van der Waals surface area contributed by atoms with Crippen LogP contribution in [-0.2, 0) is 10.5 Å². The molecule has 1 atom stereocenters. The van der Waals surface area contributed by atoms with Gasteiger partial charge in [0.15, 0.2) is 5.78 Å². The normalized spacial score (nSPS) is 17.9. The van der Waals surface area contributed by atoms with E-state index >= 15 is 0 Å². The van der Waals surface area contributed by atoms with E-state index in [0.717, 1.165) is 41.8 Å². The standard InChI is InChI=1S/C20H29NO2S/c1-13-10-14(2)20(17(5)22)16(4)18(13)11-24-12-19(23)21-9-7-6-8-15(21)3/h10,15H,6-9,11-12H2,1-5H3. The van der Waals surface area contributed by atoms with Crippen LogP contribution < -0.4 is 0 Å². The fourth-order valence-electron chi connectivity index (χ4n) is 3.78. The molecule has 0 N–H and O–H groups in total. The summed E-state index contributed by atoms with van der Waals surface area (Å²) < 4.78 is 0. The Bertz CT molecular complexity index is 639. The highest BCUT2D eigenvalue weighted by molar-refractivity contribution is 7.99. The van der Waals surface area contributed by atoms with Gasteiger partial charge in [0, 0.05) is 23.9 Å². The van der Waals surface area contributed by atoms with E-state index < -0.39 is 0 Å². The van der Waals surface area contributed by atoms with Crippen molar-refractivity contribution in [3.63, 3.8) is 0 Å². The van der Waals surface area contributed by atoms with Crippen molar-refractivity contribution >= 4 is 23.5 Å². The highest BCUT2D eigenvalue weighted by Crippen LogP contribution is 2.27. The van der Waals surface area contributed by atoms with Crippen molar-refractivity contribution in [2.45, 2.75) is 65.7 Å². The molecule has 1 aliphatic rings. The lowest BCUT2D eigenvalue weighted by atomic mass is 9.92. The number of thioether (sulfide) groups is 1. The molecule has 0 bridgehead atoms. The first-order chi connectivity index (χ1) is 11.3. The van der Waals surface area contributed by atoms with Crippen LogP contribution >= 0.6 is 11.8 Å². The second kappa shape index (κ2) is 8.19. The van der Waals surface area contributed by atoms with E-state index in [2.05, 4.69) is 19.9 Å². The minimum Gasteiger partial charge on any atom is -0.339 e. The Morgan fingerprint density at radius 3 is 2.54 bits per heavy atom. The predicted molar refractivity (Wildman–Crippen MR) is 102 cm³/mol. The van der Waals surface area contributed by atoms with Gasteiger partial charge in [-0.1, -0.05) is 6.07 Å². The molecule has 0 aliphatic carbocycles. The van der Waals surface area contributed by atoms with Crippen molar-refractivity contribution in [1.29, 1.82) is 0 Å². The van der Waals surface area contributed by atoms with E-state index in [-0.39, 0.29) is 11.7 Å². The van der Waals surface area contributed by atoms with Crippen LogP contribution in [0.15, 0.2) is 6.07 Å². The molecule has 1 aromatic carbocycles. The van der Waals surface area contributed by atoms with Gasteiger partial charge >= 0.3 is 0 Å². The zero-order chi connectivity index (χ0) is 17.9. The number of rotatable bonds is 5. The van der Waals surface area contributed by atoms with E-state index in [1.54, 1.807) is 18.7 Å². The molecule has 0 saturated carbocycles. The first-order valence-corrected chi connectivity index (χ1v) is 9.96. The summed E-state index contributed by atoms with van der Waals surface area (Å²) in [5.41, 5.74) is 5.37. The maximum atomic E-state index is 12.4. The van der Waals surface area contributed by atoms with Gasteiger partial charge in [-0.25, -0.2) is 0 Å². The largest absolute Gasteiger partial charge is 0.339 e. The van der Waals surface area contributed by atoms with Crippen LogP contribution in [0.4, 0.5) is 0 Å². The van der Waals surface area contributed by atoms with Gasteiger partial charge in [0.1, 0.15) is 0 Å². The van der Waals surface area contributed by atoms with Crippen LogP contribution in [0.2, 0.25) is 0 Å². The van der Waals surface area contributed by atoms with Gasteiger partial charge in [-0.3, -0.25) is 9.59 Å². The number of likely N-dealkylation sites (tertiary alicyclic amines) is 1. The van der Waals surface area contributed by atoms with Crippen LogP contribution in [0.3, 0.4) is 0 Å². The molecule has 0 radical (unpaired) electrons. The van der Waals surface area contributed by atoms with E-state index in [1.807, 2.05) is 18.7 Å². The average Bonchev–Trinajstić information content (AvgIpc) is 2.50. The molecule has 3 nitrogen and oxygen atoms in total. The molecule has 4 heteroatoms. The minimum atomic E-state index is 0.120. The zero-order valence-corrected chi connectivity index (χ0v) is 16.4. The highest BCUT2D eigenvalue weighted by Gasteiger charge is 2.23. The molecule has 2 rings (SSSR count). The molecule has 132 valence electrons. The Morgan fingerprint density at radius 1 is 1.21 bits per heavy atom. The monoisotopic (exact) mass is 347 g/mol. The van der Waals surface area contributed by atoms with Crippen LogP contribution in [0.5, 0.6) is 0 Å². The molecule has 24 heavy (non-hydrogen) atoms. The number of Topliss-reactive ketones (excluding diaryl/α,β-unsaturated/α-hetero) is 1. The number of hydrogen-bond donors (Lipinski definition) is 0. The first kappa shape index (κ1) is 19.0. The van der Waals surface area contributed by atoms with Crippen molar-refractivity contribution in [2.75, 3.05) is 12.3 Å². The van der Waals surface area contributed by atoms with Crippen molar-refractivity contribution < 1.29 is 9.59 Å². The number of piperidine rings is 1. The molecular formula is C20H29NO2S. The SMILES string of the molecule is CC(=O)c1c(C)cc(C)c(CSCC(=O)N2CCCCC2C)c1C. The topological polar surface area (TPSA) is 37.4 Å². The first-order valence-electron chi connectivity index (χ1n) is 8.80. The maximum absolute atomic E-state index is 12.4. The maximum Gasteiger partial charge on any atom is 0.232 e. The number of ketones is 1. The van der Waals surface area contributed by atoms with Gasteiger partial charge in [0.2, 0.25) is 5.91 Å². The molecule has 1 fully saturated rings. The summed E-state index contributed by atoms with van der Waals surface area (Å²) in [5, 5.41) is 0. The predicted octanol–water partition coefficient (Wildman–Crippen LogP) is 4.45. The van der Waals surface area contributed by atoms with Crippen molar-refractivity contribution in [3.8, 4) is 0 Å². The number of hydrogen-bond acceptors (Lipinski definition) is 3. The van der Waals surface area contributed by atoms with Gasteiger partial charge in [-0.2, -0.15) is 0 Å². The number of carbonyl (C=O) groups is 2. The smallest absolute Gasteiger partial charge is 0.232 e. The summed E-state index contributed by atoms with van der Waals surface area (Å²) in [7, 11) is 0. The van der Waals surface area contributed by atoms with E-state index in [9.17, 15) is 9.59 Å². The van der Waals surface area contributed by atoms with Crippen LogP contribution in [-0.4, -0.2) is 34.9 Å². The number of amides is 1. The molecule has 1 aromatic rings. The summed E-state index contributed by atoms with van der Waals surface area (Å²) in [6.07, 6.45) is 3.47. The Morgan fingerprint density at radius 2 is 1.92 bits per heavy atom. The number of benzene rings is 1. The van der Waals surface area contributed by atoms with Gasteiger partial charge in [0.25, 0.3) is 0 Å². The molecule has 0 spiro atoms. The third-order valence-electron chi connectivity index (χ3n) is 5.08. The second-order valence-electron chi connectivity index (χ2n) is 6.97. The lowest BCUT2D eigenvalue weighted by Gasteiger charge is -2.33. The molecule has 1 aliphatic heterocycles. The van der Waals surface area contributed by atoms with Gasteiger partial charge in [0.05, 0.1) is 5.75 Å². The quantitative estimate of drug-likeness (QED) is 0.739. The van der Waals surface area contributed by atoms with Crippen molar-refractivity contribution in [1.82, 2.24) is 4.90 Å². The Kier molecular flexibility index (Phi) is 6.50. The van der Waals surface area contributed by atoms with Crippen LogP contribution in [0.25, 0.3) is 0 Å². The third-order valence-corrected chi connectivity index (χ3v) is 6.02. The second-order valence-corrected chi connectivity index (χ2v) is 7.96. The Hall–Kier alpha value is -1.29. The molecule has 1 unspecified atom stereocenters. The zero-order valence-electron chi connectivity index (χ0n) is 15.6. The van der Waals surface area contributed by atoms with E-state index in [1.165, 1.54) is 17.5 Å². The number of nitrogens with zero attached hydrogens (tertiary/aromatic N) is 1. The Balaban J connectivity index is 2.03. The lowest BCUT2D eigenvalue weighted by Crippen LogP contribution is -2.42. The summed E-state index contributed by atoms with van der Waals surface area (Å²) in [4.78, 5) is 26.4. The summed E-state index contributed by atoms with van der Waals surface area (Å²) in [6, 6.07) is 2.47. The summed E-state index contributed by atoms with van der Waals surface area (Å²) in [5.74, 6) is 1.68. The summed E-state index contributed by atoms with van der Waals surface area (Å²) in [6.45, 7) is 10.8. The van der Waals surface area contributed by atoms with Gasteiger partial charge in [-0.05, 0) is 76.1 Å². The van der Waals surface area contributed by atoms with Gasteiger partial charge < -0.3 is 4.90 Å². The number of aryl methyl sites for hydroxylation is 2. The van der Waals surface area contributed by atoms with Gasteiger partial charge in [-0.15, -0.1) is 11.8 Å². The van der Waals surface area contributed by atoms with E-state index in [0.29, 0.717) is 11.8 Å². The lowest BCUT2D eigenvalue weighted by molar-refractivity contribution is -0.131. The molecular weight excluding hydrogens is 318 g/mol. The average molecular weight is 348 g/mol. The van der Waals surface area contributed by atoms with Crippen LogP contribution in [0.1, 0.15) is 65.7 Å². The summed E-state index contributed by atoms with van der Waals surface area (Å²) >= 11 is 1.66. The molecule has 1 amide bonds. The third kappa shape index (κ3) is 4.21. The van der Waals surface area contributed by atoms with Crippen molar-refractivity contribution in [3.05, 3.63) is 33.9 Å². The molecule has 1 saturated heterocycles. The fourth-order valence-corrected chi connectivity index (χ4v) is 4.87. The molecule has 0 aromatic heterocycles. The van der Waals surface area contributed by atoms with Crippen molar-refractivity contribution in [2.24, 2.45) is 0 Å². The minimum absolute atomic E-state index is 0.120. The van der Waals surface area contributed by atoms with Crippen LogP contribution in [0, 0.1) is 20.8 Å². The molecule has 1 heterocycles. The Labute approximate surface area is 150 Å². The number of carbonyl (C=O) groups excluding carboxylic acids is 2.